The lowest BCUT2D eigenvalue weighted by molar-refractivity contribution is -0.131. The highest BCUT2D eigenvalue weighted by Gasteiger charge is 2.22. The van der Waals surface area contributed by atoms with Crippen LogP contribution in [-0.2, 0) is 11.3 Å². The molecule has 1 aliphatic rings. The SMILES string of the molecule is Cc1cccc(N2CCN(C(=O)CCn3nc(C(=O)Nc4ccccc4)ccc3=O)CC2)c1C. The fourth-order valence-electron chi connectivity index (χ4n) is 4.08. The summed E-state index contributed by atoms with van der Waals surface area (Å²) >= 11 is 0. The number of aryl methyl sites for hydroxylation is 2. The summed E-state index contributed by atoms with van der Waals surface area (Å²) in [4.78, 5) is 41.7. The Morgan fingerprint density at radius 3 is 2.38 bits per heavy atom. The molecule has 1 aliphatic heterocycles. The summed E-state index contributed by atoms with van der Waals surface area (Å²) in [6.45, 7) is 7.16. The topological polar surface area (TPSA) is 87.5 Å². The van der Waals surface area contributed by atoms with Crippen molar-refractivity contribution in [1.82, 2.24) is 14.7 Å². The first-order chi connectivity index (χ1) is 16.4. The van der Waals surface area contributed by atoms with Gasteiger partial charge in [-0.1, -0.05) is 30.3 Å². The molecule has 8 nitrogen and oxygen atoms in total. The van der Waals surface area contributed by atoms with Crippen LogP contribution in [0.15, 0.2) is 65.5 Å². The van der Waals surface area contributed by atoms with Crippen LogP contribution in [0.1, 0.15) is 28.0 Å². The molecule has 0 unspecified atom stereocenters. The van der Waals surface area contributed by atoms with Crippen molar-refractivity contribution < 1.29 is 9.59 Å². The van der Waals surface area contributed by atoms with E-state index >= 15 is 0 Å². The fourth-order valence-corrected chi connectivity index (χ4v) is 4.08. The van der Waals surface area contributed by atoms with Crippen LogP contribution in [0, 0.1) is 13.8 Å². The lowest BCUT2D eigenvalue weighted by Gasteiger charge is -2.37. The Bertz CT molecular complexity index is 1230. The van der Waals surface area contributed by atoms with Crippen molar-refractivity contribution in [2.75, 3.05) is 36.4 Å². The van der Waals surface area contributed by atoms with Crippen LogP contribution in [0.25, 0.3) is 0 Å². The van der Waals surface area contributed by atoms with E-state index in [4.69, 9.17) is 0 Å². The molecule has 2 heterocycles. The lowest BCUT2D eigenvalue weighted by Crippen LogP contribution is -2.49. The number of nitrogens with zero attached hydrogens (tertiary/aromatic N) is 4. The standard InChI is InChI=1S/C26H29N5O3/c1-19-7-6-10-23(20(19)2)29-15-17-30(18-16-29)24(32)13-14-31-25(33)12-11-22(28-31)26(34)27-21-8-4-3-5-9-21/h3-12H,13-18H2,1-2H3,(H,27,34). The average Bonchev–Trinajstić information content (AvgIpc) is 2.85. The summed E-state index contributed by atoms with van der Waals surface area (Å²) in [5.74, 6) is -0.428. The van der Waals surface area contributed by atoms with Gasteiger partial charge >= 0.3 is 0 Å². The van der Waals surface area contributed by atoms with Gasteiger partial charge in [-0.2, -0.15) is 5.10 Å². The molecule has 0 atom stereocenters. The number of carbonyl (C=O) groups excluding carboxylic acids is 2. The van der Waals surface area contributed by atoms with E-state index in [2.05, 4.69) is 47.4 Å². The first kappa shape index (κ1) is 23.2. The fraction of sp³-hybridized carbons (Fsp3) is 0.308. The quantitative estimate of drug-likeness (QED) is 0.613. The predicted molar refractivity (Wildman–Crippen MR) is 132 cm³/mol. The van der Waals surface area contributed by atoms with Crippen LogP contribution < -0.4 is 15.8 Å². The van der Waals surface area contributed by atoms with E-state index in [-0.39, 0.29) is 30.1 Å². The van der Waals surface area contributed by atoms with Gasteiger partial charge in [0, 0.05) is 50.0 Å². The number of para-hydroxylation sites is 1. The number of hydrogen-bond donors (Lipinski definition) is 1. The molecule has 1 aromatic heterocycles. The second-order valence-electron chi connectivity index (χ2n) is 8.44. The maximum atomic E-state index is 12.8. The van der Waals surface area contributed by atoms with Gasteiger partial charge in [0.2, 0.25) is 5.91 Å². The van der Waals surface area contributed by atoms with Crippen molar-refractivity contribution in [3.05, 3.63) is 87.8 Å². The normalized spacial score (nSPS) is 13.6. The Hall–Kier alpha value is -3.94. The zero-order chi connectivity index (χ0) is 24.1. The number of rotatable bonds is 6. The summed E-state index contributed by atoms with van der Waals surface area (Å²) in [6.07, 6.45) is 0.153. The third kappa shape index (κ3) is 5.33. The van der Waals surface area contributed by atoms with E-state index < -0.39 is 5.91 Å². The molecule has 34 heavy (non-hydrogen) atoms. The van der Waals surface area contributed by atoms with E-state index in [1.165, 1.54) is 33.6 Å². The molecule has 1 fully saturated rings. The summed E-state index contributed by atoms with van der Waals surface area (Å²) in [5.41, 5.74) is 4.16. The highest BCUT2D eigenvalue weighted by Crippen LogP contribution is 2.24. The zero-order valence-electron chi connectivity index (χ0n) is 19.5. The van der Waals surface area contributed by atoms with Crippen LogP contribution in [0.3, 0.4) is 0 Å². The Kier molecular flexibility index (Phi) is 7.06. The largest absolute Gasteiger partial charge is 0.368 e. The monoisotopic (exact) mass is 459 g/mol. The molecule has 2 aromatic carbocycles. The van der Waals surface area contributed by atoms with Gasteiger partial charge in [0.15, 0.2) is 0 Å². The number of piperazine rings is 1. The van der Waals surface area contributed by atoms with Crippen LogP contribution in [0.5, 0.6) is 0 Å². The molecule has 8 heteroatoms. The van der Waals surface area contributed by atoms with E-state index in [0.717, 1.165) is 13.1 Å². The lowest BCUT2D eigenvalue weighted by atomic mass is 10.1. The third-order valence-corrected chi connectivity index (χ3v) is 6.22. The Morgan fingerprint density at radius 2 is 1.65 bits per heavy atom. The second kappa shape index (κ2) is 10.3. The molecule has 0 spiro atoms. The first-order valence-electron chi connectivity index (χ1n) is 11.5. The molecule has 1 N–H and O–H groups in total. The van der Waals surface area contributed by atoms with E-state index in [1.807, 2.05) is 23.1 Å². The van der Waals surface area contributed by atoms with Gasteiger partial charge in [-0.05, 0) is 49.2 Å². The molecule has 176 valence electrons. The molecule has 0 radical (unpaired) electrons. The molecule has 3 aromatic rings. The molecule has 0 aliphatic carbocycles. The Balaban J connectivity index is 1.33. The number of nitrogens with one attached hydrogen (secondary N) is 1. The van der Waals surface area contributed by atoms with Gasteiger partial charge in [0.25, 0.3) is 11.5 Å². The minimum absolute atomic E-state index is 0.0199. The maximum absolute atomic E-state index is 12.8. The van der Waals surface area contributed by atoms with Crippen molar-refractivity contribution in [3.8, 4) is 0 Å². The van der Waals surface area contributed by atoms with Gasteiger partial charge in [-0.25, -0.2) is 4.68 Å². The molecule has 4 rings (SSSR count). The number of anilines is 2. The summed E-state index contributed by atoms with van der Waals surface area (Å²) in [6, 6.07) is 18.0. The zero-order valence-corrected chi connectivity index (χ0v) is 19.5. The van der Waals surface area contributed by atoms with Crippen molar-refractivity contribution in [2.45, 2.75) is 26.8 Å². The van der Waals surface area contributed by atoms with Gasteiger partial charge in [-0.3, -0.25) is 14.4 Å². The van der Waals surface area contributed by atoms with Crippen molar-refractivity contribution in [1.29, 1.82) is 0 Å². The van der Waals surface area contributed by atoms with E-state index in [1.54, 1.807) is 12.1 Å². The van der Waals surface area contributed by atoms with Crippen LogP contribution in [0.2, 0.25) is 0 Å². The minimum Gasteiger partial charge on any atom is -0.368 e. The number of amides is 2. The summed E-state index contributed by atoms with van der Waals surface area (Å²) in [5, 5.41) is 6.92. The van der Waals surface area contributed by atoms with E-state index in [0.29, 0.717) is 18.8 Å². The van der Waals surface area contributed by atoms with Gasteiger partial charge < -0.3 is 15.1 Å². The second-order valence-corrected chi connectivity index (χ2v) is 8.44. The van der Waals surface area contributed by atoms with Crippen LogP contribution in [-0.4, -0.2) is 52.7 Å². The van der Waals surface area contributed by atoms with Gasteiger partial charge in [0.05, 0.1) is 6.54 Å². The van der Waals surface area contributed by atoms with Crippen molar-refractivity contribution in [3.63, 3.8) is 0 Å². The average molecular weight is 460 g/mol. The van der Waals surface area contributed by atoms with E-state index in [9.17, 15) is 14.4 Å². The predicted octanol–water partition coefficient (Wildman–Crippen LogP) is 2.85. The number of hydrogen-bond acceptors (Lipinski definition) is 5. The summed E-state index contributed by atoms with van der Waals surface area (Å²) in [7, 11) is 0. The highest BCUT2D eigenvalue weighted by atomic mass is 16.2. The molecule has 0 saturated carbocycles. The molecule has 1 saturated heterocycles. The number of aromatic nitrogens is 2. The molecule has 2 amide bonds. The molecular weight excluding hydrogens is 430 g/mol. The van der Waals surface area contributed by atoms with Crippen molar-refractivity contribution >= 4 is 23.2 Å². The number of carbonyl (C=O) groups is 2. The summed E-state index contributed by atoms with van der Waals surface area (Å²) < 4.78 is 1.18. The first-order valence-corrected chi connectivity index (χ1v) is 11.5. The Labute approximate surface area is 198 Å². The van der Waals surface area contributed by atoms with Gasteiger partial charge in [-0.15, -0.1) is 0 Å². The van der Waals surface area contributed by atoms with Gasteiger partial charge in [0.1, 0.15) is 5.69 Å². The molecule has 0 bridgehead atoms. The minimum atomic E-state index is -0.408. The third-order valence-electron chi connectivity index (χ3n) is 6.22. The Morgan fingerprint density at radius 1 is 0.912 bits per heavy atom. The van der Waals surface area contributed by atoms with Crippen LogP contribution >= 0.6 is 0 Å². The maximum Gasteiger partial charge on any atom is 0.276 e. The van der Waals surface area contributed by atoms with Crippen LogP contribution in [0.4, 0.5) is 11.4 Å². The molecular formula is C26H29N5O3. The highest BCUT2D eigenvalue weighted by molar-refractivity contribution is 6.02. The van der Waals surface area contributed by atoms with Crippen molar-refractivity contribution in [2.24, 2.45) is 0 Å². The smallest absolute Gasteiger partial charge is 0.276 e. The number of benzene rings is 2.